The van der Waals surface area contributed by atoms with E-state index < -0.39 is 0 Å². The summed E-state index contributed by atoms with van der Waals surface area (Å²) in [4.78, 5) is 0. The zero-order chi connectivity index (χ0) is 8.27. The molecule has 0 aliphatic rings. The van der Waals surface area contributed by atoms with E-state index in [2.05, 4.69) is 46.1 Å². The minimum absolute atomic E-state index is 1.12. The second kappa shape index (κ2) is 3.61. The summed E-state index contributed by atoms with van der Waals surface area (Å²) in [6.07, 6.45) is 1.12. The fourth-order valence-corrected chi connectivity index (χ4v) is 1.31. The van der Waals surface area contributed by atoms with Gasteiger partial charge in [0.2, 0.25) is 0 Å². The van der Waals surface area contributed by atoms with Gasteiger partial charge in [0.25, 0.3) is 0 Å². The Morgan fingerprint density at radius 1 is 1.36 bits per heavy atom. The molecule has 0 nitrogen and oxygen atoms in total. The molecule has 0 aliphatic heterocycles. The molecule has 1 rings (SSSR count). The molecule has 0 aliphatic carbocycles. The molecule has 0 heterocycles. The number of benzene rings is 1. The van der Waals surface area contributed by atoms with Gasteiger partial charge < -0.3 is 0 Å². The predicted molar refractivity (Wildman–Crippen MR) is 51.8 cm³/mol. The van der Waals surface area contributed by atoms with Gasteiger partial charge in [0.15, 0.2) is 0 Å². The molecule has 0 N–H and O–H groups in total. The van der Waals surface area contributed by atoms with E-state index >= 15 is 0 Å². The molecule has 0 bridgehead atoms. The second-order valence-electron chi connectivity index (χ2n) is 2.84. The zero-order valence-corrected chi connectivity index (χ0v) is 7.52. The first-order chi connectivity index (χ1) is 5.27. The normalized spacial score (nSPS) is 9.73. The molecular formula is C10H14B. The lowest BCUT2D eigenvalue weighted by molar-refractivity contribution is 1.15. The van der Waals surface area contributed by atoms with Crippen molar-refractivity contribution in [1.82, 2.24) is 0 Å². The average Bonchev–Trinajstić information content (AvgIpc) is 2.04. The Balaban J connectivity index is 3.06. The molecule has 1 aromatic rings. The number of rotatable bonds is 2. The first kappa shape index (κ1) is 8.38. The van der Waals surface area contributed by atoms with Crippen LogP contribution in [0.3, 0.4) is 0 Å². The Hall–Kier alpha value is -0.715. The Morgan fingerprint density at radius 2 is 2.09 bits per heavy atom. The molecule has 0 saturated heterocycles. The van der Waals surface area contributed by atoms with E-state index in [1.807, 2.05) is 0 Å². The van der Waals surface area contributed by atoms with E-state index in [1.54, 1.807) is 0 Å². The maximum Gasteiger partial charge on any atom is 0.148 e. The quantitative estimate of drug-likeness (QED) is 0.558. The van der Waals surface area contributed by atoms with Crippen LogP contribution < -0.4 is 5.46 Å². The first-order valence-electron chi connectivity index (χ1n) is 4.16. The minimum Gasteiger partial charge on any atom is -0.0872 e. The molecular weight excluding hydrogens is 131 g/mol. The van der Waals surface area contributed by atoms with Crippen molar-refractivity contribution >= 4 is 12.7 Å². The van der Waals surface area contributed by atoms with Crippen LogP contribution in [0.4, 0.5) is 0 Å². The van der Waals surface area contributed by atoms with Gasteiger partial charge in [-0.25, -0.2) is 0 Å². The van der Waals surface area contributed by atoms with Gasteiger partial charge in [-0.05, 0) is 13.3 Å². The lowest BCUT2D eigenvalue weighted by Crippen LogP contribution is -2.16. The summed E-state index contributed by atoms with van der Waals surface area (Å²) in [5, 5.41) is 0. The van der Waals surface area contributed by atoms with E-state index in [9.17, 15) is 0 Å². The maximum absolute atomic E-state index is 2.23. The molecule has 57 valence electrons. The van der Waals surface area contributed by atoms with Gasteiger partial charge in [-0.3, -0.25) is 0 Å². The van der Waals surface area contributed by atoms with Crippen molar-refractivity contribution in [1.29, 1.82) is 0 Å². The van der Waals surface area contributed by atoms with E-state index in [4.69, 9.17) is 0 Å². The monoisotopic (exact) mass is 145 g/mol. The van der Waals surface area contributed by atoms with Crippen molar-refractivity contribution in [3.05, 3.63) is 29.3 Å². The SMILES string of the molecule is C[B]c1cc(C)ccc1CC. The van der Waals surface area contributed by atoms with Crippen molar-refractivity contribution in [2.75, 3.05) is 0 Å². The average molecular weight is 145 g/mol. The van der Waals surface area contributed by atoms with Crippen LogP contribution >= 0.6 is 0 Å². The molecule has 0 spiro atoms. The summed E-state index contributed by atoms with van der Waals surface area (Å²) < 4.78 is 0. The maximum atomic E-state index is 2.23. The fourth-order valence-electron chi connectivity index (χ4n) is 1.31. The van der Waals surface area contributed by atoms with Gasteiger partial charge >= 0.3 is 0 Å². The lowest BCUT2D eigenvalue weighted by atomic mass is 9.70. The van der Waals surface area contributed by atoms with Gasteiger partial charge in [0.1, 0.15) is 7.28 Å². The molecule has 0 atom stereocenters. The Bertz CT molecular complexity index is 241. The summed E-state index contributed by atoms with van der Waals surface area (Å²) >= 11 is 0. The fraction of sp³-hybridized carbons (Fsp3) is 0.400. The van der Waals surface area contributed by atoms with Crippen LogP contribution in [0.25, 0.3) is 0 Å². The first-order valence-corrected chi connectivity index (χ1v) is 4.16. The molecule has 0 saturated carbocycles. The van der Waals surface area contributed by atoms with Gasteiger partial charge in [-0.2, -0.15) is 0 Å². The summed E-state index contributed by atoms with van der Waals surface area (Å²) in [5.74, 6) is 0. The van der Waals surface area contributed by atoms with Crippen LogP contribution in [0.1, 0.15) is 18.1 Å². The van der Waals surface area contributed by atoms with Crippen molar-refractivity contribution in [2.24, 2.45) is 0 Å². The Morgan fingerprint density at radius 3 is 2.64 bits per heavy atom. The summed E-state index contributed by atoms with van der Waals surface area (Å²) in [5.41, 5.74) is 4.17. The molecule has 1 heteroatoms. The minimum atomic E-state index is 1.12. The molecule has 0 amide bonds. The molecule has 1 aromatic carbocycles. The standard InChI is InChI=1S/C10H14B/c1-4-9-6-5-8(2)7-10(9)11-3/h5-7H,4H2,1-3H3. The molecule has 0 fully saturated rings. The topological polar surface area (TPSA) is 0 Å². The second-order valence-corrected chi connectivity index (χ2v) is 2.84. The highest BCUT2D eigenvalue weighted by Gasteiger charge is 1.97. The Kier molecular flexibility index (Phi) is 2.75. The van der Waals surface area contributed by atoms with Crippen LogP contribution in [-0.2, 0) is 6.42 Å². The smallest absolute Gasteiger partial charge is 0.0872 e. The van der Waals surface area contributed by atoms with Crippen molar-refractivity contribution in [2.45, 2.75) is 27.1 Å². The van der Waals surface area contributed by atoms with Gasteiger partial charge in [-0.15, -0.1) is 0 Å². The van der Waals surface area contributed by atoms with Crippen LogP contribution in [0.15, 0.2) is 18.2 Å². The third-order valence-corrected chi connectivity index (χ3v) is 1.99. The third-order valence-electron chi connectivity index (χ3n) is 1.99. The van der Waals surface area contributed by atoms with Crippen LogP contribution in [0, 0.1) is 6.92 Å². The third kappa shape index (κ3) is 1.86. The van der Waals surface area contributed by atoms with E-state index in [-0.39, 0.29) is 0 Å². The number of hydrogen-bond acceptors (Lipinski definition) is 0. The van der Waals surface area contributed by atoms with Crippen LogP contribution in [0.5, 0.6) is 0 Å². The van der Waals surface area contributed by atoms with Crippen LogP contribution in [-0.4, -0.2) is 7.28 Å². The van der Waals surface area contributed by atoms with Crippen LogP contribution in [0.2, 0.25) is 6.82 Å². The lowest BCUT2D eigenvalue weighted by Gasteiger charge is -2.05. The van der Waals surface area contributed by atoms with Crippen molar-refractivity contribution in [3.8, 4) is 0 Å². The molecule has 0 unspecified atom stereocenters. The van der Waals surface area contributed by atoms with E-state index in [1.165, 1.54) is 16.6 Å². The number of hydrogen-bond donors (Lipinski definition) is 0. The van der Waals surface area contributed by atoms with Crippen molar-refractivity contribution < 1.29 is 0 Å². The summed E-state index contributed by atoms with van der Waals surface area (Å²) in [7, 11) is 2.17. The van der Waals surface area contributed by atoms with Gasteiger partial charge in [0.05, 0.1) is 0 Å². The van der Waals surface area contributed by atoms with Crippen molar-refractivity contribution in [3.63, 3.8) is 0 Å². The summed E-state index contributed by atoms with van der Waals surface area (Å²) in [6.45, 7) is 6.41. The van der Waals surface area contributed by atoms with Gasteiger partial charge in [-0.1, -0.05) is 48.5 Å². The van der Waals surface area contributed by atoms with E-state index in [0.29, 0.717) is 0 Å². The van der Waals surface area contributed by atoms with Gasteiger partial charge in [0, 0.05) is 0 Å². The van der Waals surface area contributed by atoms with E-state index in [0.717, 1.165) is 6.42 Å². The number of aryl methyl sites for hydroxylation is 2. The highest BCUT2D eigenvalue weighted by atomic mass is 14.0. The zero-order valence-electron chi connectivity index (χ0n) is 7.52. The predicted octanol–water partition coefficient (Wildman–Crippen LogP) is 1.94. The molecule has 11 heavy (non-hydrogen) atoms. The highest BCUT2D eigenvalue weighted by Crippen LogP contribution is 2.00. The largest absolute Gasteiger partial charge is 0.148 e. The highest BCUT2D eigenvalue weighted by molar-refractivity contribution is 6.52. The Labute approximate surface area is 69.9 Å². The molecule has 0 aromatic heterocycles. The molecule has 1 radical (unpaired) electrons. The summed E-state index contributed by atoms with van der Waals surface area (Å²) in [6, 6.07) is 6.62.